The molecule has 1 aliphatic rings. The van der Waals surface area contributed by atoms with E-state index in [1.54, 1.807) is 42.5 Å². The lowest BCUT2D eigenvalue weighted by atomic mass is 10.1. The van der Waals surface area contributed by atoms with Gasteiger partial charge >= 0.3 is 0 Å². The van der Waals surface area contributed by atoms with Crippen LogP contribution in [-0.2, 0) is 9.59 Å². The Labute approximate surface area is 163 Å². The summed E-state index contributed by atoms with van der Waals surface area (Å²) in [5, 5.41) is 5.15. The molecule has 8 heteroatoms. The van der Waals surface area contributed by atoms with Crippen LogP contribution in [0, 0.1) is 0 Å². The molecule has 27 heavy (non-hydrogen) atoms. The zero-order chi connectivity index (χ0) is 19.4. The zero-order valence-corrected chi connectivity index (χ0v) is 15.8. The minimum atomic E-state index is -0.422. The van der Waals surface area contributed by atoms with Crippen LogP contribution < -0.4 is 10.6 Å². The van der Waals surface area contributed by atoms with Gasteiger partial charge in [0, 0.05) is 17.4 Å². The fourth-order valence-corrected chi connectivity index (χ4v) is 3.06. The van der Waals surface area contributed by atoms with Gasteiger partial charge < -0.3 is 10.6 Å². The van der Waals surface area contributed by atoms with Crippen LogP contribution in [0.2, 0.25) is 0 Å². The van der Waals surface area contributed by atoms with Gasteiger partial charge in [0.15, 0.2) is 0 Å². The second-order valence-electron chi connectivity index (χ2n) is 5.86. The van der Waals surface area contributed by atoms with Crippen LogP contribution in [0.25, 0.3) is 0 Å². The standard InChI is InChI=1S/C19H16BrN3O4/c20-14-7-3-4-8-15(14)22-17(25)11-21-16(24)9-10-23-18(26)12-5-1-2-6-13(12)19(23)27/h1-8H,9-11H2,(H,21,24)(H,22,25). The molecule has 0 radical (unpaired) electrons. The van der Waals surface area contributed by atoms with Gasteiger partial charge in [-0.1, -0.05) is 24.3 Å². The van der Waals surface area contributed by atoms with E-state index in [-0.39, 0.29) is 25.4 Å². The van der Waals surface area contributed by atoms with Crippen molar-refractivity contribution < 1.29 is 19.2 Å². The molecule has 0 aromatic heterocycles. The van der Waals surface area contributed by atoms with Crippen molar-refractivity contribution in [3.8, 4) is 0 Å². The normalized spacial score (nSPS) is 12.7. The van der Waals surface area contributed by atoms with E-state index in [0.29, 0.717) is 16.8 Å². The number of amides is 4. The van der Waals surface area contributed by atoms with Crippen LogP contribution in [0.3, 0.4) is 0 Å². The first-order valence-corrected chi connectivity index (χ1v) is 9.03. The fourth-order valence-electron chi connectivity index (χ4n) is 2.68. The number of nitrogens with zero attached hydrogens (tertiary/aromatic N) is 1. The molecular formula is C19H16BrN3O4. The summed E-state index contributed by atoms with van der Waals surface area (Å²) in [4.78, 5) is 49.4. The third-order valence-electron chi connectivity index (χ3n) is 4.03. The molecule has 2 aromatic rings. The fraction of sp³-hybridized carbons (Fsp3) is 0.158. The molecule has 3 rings (SSSR count). The number of para-hydroxylation sites is 1. The molecule has 1 heterocycles. The van der Waals surface area contributed by atoms with Crippen molar-refractivity contribution in [2.24, 2.45) is 0 Å². The van der Waals surface area contributed by atoms with E-state index in [1.807, 2.05) is 6.07 Å². The van der Waals surface area contributed by atoms with Crippen LogP contribution in [0.1, 0.15) is 27.1 Å². The lowest BCUT2D eigenvalue weighted by Crippen LogP contribution is -2.37. The number of carbonyl (C=O) groups excluding carboxylic acids is 4. The molecule has 0 aliphatic carbocycles. The number of anilines is 1. The first-order valence-electron chi connectivity index (χ1n) is 8.23. The lowest BCUT2D eigenvalue weighted by Gasteiger charge is -2.13. The third kappa shape index (κ3) is 4.22. The average molecular weight is 430 g/mol. The Bertz CT molecular complexity index is 894. The van der Waals surface area contributed by atoms with Crippen molar-refractivity contribution in [2.45, 2.75) is 6.42 Å². The molecule has 7 nitrogen and oxygen atoms in total. The van der Waals surface area contributed by atoms with Gasteiger partial charge in [-0.15, -0.1) is 0 Å². The Kier molecular flexibility index (Phi) is 5.66. The Morgan fingerprint density at radius 1 is 0.889 bits per heavy atom. The molecule has 2 N–H and O–H groups in total. The van der Waals surface area contributed by atoms with Crippen LogP contribution in [0.5, 0.6) is 0 Å². The molecule has 0 fully saturated rings. The van der Waals surface area contributed by atoms with Gasteiger partial charge in [0.1, 0.15) is 0 Å². The summed E-state index contributed by atoms with van der Waals surface area (Å²) in [6.45, 7) is -0.244. The number of carbonyl (C=O) groups is 4. The first-order chi connectivity index (χ1) is 13.0. The average Bonchev–Trinajstić information content (AvgIpc) is 2.91. The number of fused-ring (bicyclic) bond motifs is 1. The lowest BCUT2D eigenvalue weighted by molar-refractivity contribution is -0.124. The van der Waals surface area contributed by atoms with Crippen molar-refractivity contribution in [1.29, 1.82) is 0 Å². The van der Waals surface area contributed by atoms with Gasteiger partial charge in [-0.05, 0) is 40.2 Å². The first kappa shape index (κ1) is 18.8. The molecule has 0 saturated heterocycles. The van der Waals surface area contributed by atoms with Gasteiger partial charge in [0.25, 0.3) is 11.8 Å². The van der Waals surface area contributed by atoms with E-state index in [2.05, 4.69) is 26.6 Å². The number of imide groups is 1. The molecule has 4 amide bonds. The van der Waals surface area contributed by atoms with E-state index in [4.69, 9.17) is 0 Å². The Balaban J connectivity index is 1.47. The van der Waals surface area contributed by atoms with E-state index in [9.17, 15) is 19.2 Å². The summed E-state index contributed by atoms with van der Waals surface area (Å²) in [7, 11) is 0. The summed E-state index contributed by atoms with van der Waals surface area (Å²) in [6.07, 6.45) is -0.0756. The number of benzene rings is 2. The molecule has 138 valence electrons. The zero-order valence-electron chi connectivity index (χ0n) is 14.2. The van der Waals surface area contributed by atoms with E-state index in [1.165, 1.54) is 0 Å². The molecule has 2 aromatic carbocycles. The Hall–Kier alpha value is -3.00. The maximum absolute atomic E-state index is 12.2. The predicted octanol–water partition coefficient (Wildman–Crippen LogP) is 2.19. The smallest absolute Gasteiger partial charge is 0.261 e. The van der Waals surface area contributed by atoms with Gasteiger partial charge in [-0.25, -0.2) is 0 Å². The monoisotopic (exact) mass is 429 g/mol. The number of rotatable bonds is 6. The van der Waals surface area contributed by atoms with Crippen molar-refractivity contribution >= 4 is 45.2 Å². The molecule has 0 atom stereocenters. The number of hydrogen-bond acceptors (Lipinski definition) is 4. The van der Waals surface area contributed by atoms with E-state index >= 15 is 0 Å². The molecule has 0 unspecified atom stereocenters. The largest absolute Gasteiger partial charge is 0.347 e. The maximum atomic E-state index is 12.2. The van der Waals surface area contributed by atoms with Crippen LogP contribution >= 0.6 is 15.9 Å². The number of halogens is 1. The maximum Gasteiger partial charge on any atom is 0.261 e. The highest BCUT2D eigenvalue weighted by atomic mass is 79.9. The Morgan fingerprint density at radius 3 is 2.11 bits per heavy atom. The van der Waals surface area contributed by atoms with Crippen LogP contribution in [0.4, 0.5) is 5.69 Å². The highest BCUT2D eigenvalue weighted by Crippen LogP contribution is 2.22. The molecule has 0 bridgehead atoms. The summed E-state index contributed by atoms with van der Waals surface area (Å²) in [6, 6.07) is 13.7. The highest BCUT2D eigenvalue weighted by molar-refractivity contribution is 9.10. The summed E-state index contributed by atoms with van der Waals surface area (Å²) in [5.41, 5.74) is 1.29. The number of nitrogens with one attached hydrogen (secondary N) is 2. The predicted molar refractivity (Wildman–Crippen MR) is 102 cm³/mol. The van der Waals surface area contributed by atoms with Gasteiger partial charge in [0.2, 0.25) is 11.8 Å². The molecular weight excluding hydrogens is 414 g/mol. The second kappa shape index (κ2) is 8.13. The van der Waals surface area contributed by atoms with Crippen molar-refractivity contribution in [3.05, 3.63) is 64.1 Å². The molecule has 1 aliphatic heterocycles. The topological polar surface area (TPSA) is 95.6 Å². The van der Waals surface area contributed by atoms with Gasteiger partial charge in [-0.2, -0.15) is 0 Å². The van der Waals surface area contributed by atoms with Crippen molar-refractivity contribution in [2.75, 3.05) is 18.4 Å². The summed E-state index contributed by atoms with van der Waals surface area (Å²) >= 11 is 3.32. The van der Waals surface area contributed by atoms with E-state index in [0.717, 1.165) is 9.37 Å². The van der Waals surface area contributed by atoms with Gasteiger partial charge in [-0.3, -0.25) is 24.1 Å². The highest BCUT2D eigenvalue weighted by Gasteiger charge is 2.34. The minimum Gasteiger partial charge on any atom is -0.347 e. The molecule has 0 spiro atoms. The minimum absolute atomic E-state index is 0.0377. The molecule has 0 saturated carbocycles. The summed E-state index contributed by atoms with van der Waals surface area (Å²) < 4.78 is 0.732. The quantitative estimate of drug-likeness (QED) is 0.687. The number of hydrogen-bond donors (Lipinski definition) is 2. The van der Waals surface area contributed by atoms with E-state index < -0.39 is 17.7 Å². The summed E-state index contributed by atoms with van der Waals surface area (Å²) in [5.74, 6) is -1.62. The second-order valence-corrected chi connectivity index (χ2v) is 6.72. The van der Waals surface area contributed by atoms with Crippen LogP contribution in [0.15, 0.2) is 53.0 Å². The van der Waals surface area contributed by atoms with Crippen molar-refractivity contribution in [3.63, 3.8) is 0 Å². The Morgan fingerprint density at radius 2 is 1.48 bits per heavy atom. The van der Waals surface area contributed by atoms with Crippen molar-refractivity contribution in [1.82, 2.24) is 10.2 Å². The third-order valence-corrected chi connectivity index (χ3v) is 4.73. The van der Waals surface area contributed by atoms with Crippen LogP contribution in [-0.4, -0.2) is 41.6 Å². The SMILES string of the molecule is O=C(CCN1C(=O)c2ccccc2C1=O)NCC(=O)Nc1ccccc1Br. The van der Waals surface area contributed by atoms with Gasteiger partial charge in [0.05, 0.1) is 23.4 Å².